The molecule has 2 N–H and O–H groups in total. The Morgan fingerprint density at radius 3 is 2.50 bits per heavy atom. The minimum atomic E-state index is 0.262. The Hall–Kier alpha value is -0.0800. The number of hydrogen-bond acceptors (Lipinski definition) is 1. The molecule has 0 spiro atoms. The van der Waals surface area contributed by atoms with Crippen molar-refractivity contribution in [2.75, 3.05) is 19.8 Å². The molecule has 0 aliphatic heterocycles. The van der Waals surface area contributed by atoms with E-state index in [0.29, 0.717) is 0 Å². The molecular weight excluding hydrogens is 126 g/mol. The highest BCUT2D eigenvalue weighted by Crippen LogP contribution is 2.11. The quantitative estimate of drug-likeness (QED) is 0.557. The molecule has 2 nitrogen and oxygen atoms in total. The van der Waals surface area contributed by atoms with Crippen LogP contribution in [0.5, 0.6) is 0 Å². The van der Waals surface area contributed by atoms with Crippen molar-refractivity contribution in [3.63, 3.8) is 0 Å². The van der Waals surface area contributed by atoms with E-state index in [0.717, 1.165) is 19.8 Å². The normalized spacial score (nSPS) is 12.0. The summed E-state index contributed by atoms with van der Waals surface area (Å²) in [6.07, 6.45) is 0. The Bertz CT molecular complexity index is 81.3. The van der Waals surface area contributed by atoms with Gasteiger partial charge in [-0.05, 0) is 6.92 Å². The average molecular weight is 145 g/mol. The van der Waals surface area contributed by atoms with Crippen LogP contribution in [0.3, 0.4) is 0 Å². The highest BCUT2D eigenvalue weighted by molar-refractivity contribution is 4.64. The molecule has 0 rings (SSSR count). The van der Waals surface area contributed by atoms with Gasteiger partial charge >= 0.3 is 0 Å². The minimum absolute atomic E-state index is 0.262. The topological polar surface area (TPSA) is 25.8 Å². The molecule has 0 aromatic carbocycles. The first kappa shape index (κ1) is 9.92. The molecule has 0 saturated carbocycles. The fourth-order valence-electron chi connectivity index (χ4n) is 0.828. The summed E-state index contributed by atoms with van der Waals surface area (Å²) in [7, 11) is 3.70. The van der Waals surface area contributed by atoms with Gasteiger partial charge < -0.3 is 10.1 Å². The van der Waals surface area contributed by atoms with E-state index in [1.54, 1.807) is 0 Å². The molecule has 0 unspecified atom stereocenters. The van der Waals surface area contributed by atoms with Gasteiger partial charge in [0.25, 0.3) is 0 Å². The van der Waals surface area contributed by atoms with E-state index in [2.05, 4.69) is 20.9 Å². The third kappa shape index (κ3) is 4.77. The molecule has 0 aliphatic carbocycles. The van der Waals surface area contributed by atoms with E-state index in [4.69, 9.17) is 4.74 Å². The van der Waals surface area contributed by atoms with Crippen LogP contribution in [0.2, 0.25) is 0 Å². The monoisotopic (exact) mass is 145 g/mol. The lowest BCUT2D eigenvalue weighted by Gasteiger charge is -2.22. The van der Waals surface area contributed by atoms with Gasteiger partial charge in [0.05, 0.1) is 13.2 Å². The average Bonchev–Trinajstić information content (AvgIpc) is 1.84. The van der Waals surface area contributed by atoms with Crippen LogP contribution >= 0.6 is 0 Å². The Kier molecular flexibility index (Phi) is 4.65. The zero-order valence-corrected chi connectivity index (χ0v) is 7.31. The van der Waals surface area contributed by atoms with Crippen molar-refractivity contribution < 1.29 is 10.1 Å². The standard InChI is InChI=1S/C8H19NO/c1-5-10-7-8(2,3)6-9-4/h4-7,9H2,1-3H3. The van der Waals surface area contributed by atoms with Crippen molar-refractivity contribution in [2.45, 2.75) is 20.8 Å². The van der Waals surface area contributed by atoms with Crippen LogP contribution in [-0.4, -0.2) is 19.8 Å². The van der Waals surface area contributed by atoms with E-state index < -0.39 is 0 Å². The molecule has 0 bridgehead atoms. The SMILES string of the molecule is [CH2-][NH2+]CC(C)(C)COCC. The van der Waals surface area contributed by atoms with E-state index in [1.807, 2.05) is 12.2 Å². The molecule has 0 saturated heterocycles. The lowest BCUT2D eigenvalue weighted by atomic mass is 9.95. The molecule has 10 heavy (non-hydrogen) atoms. The number of ether oxygens (including phenoxy) is 1. The number of nitrogens with two attached hydrogens (primary N) is 1. The van der Waals surface area contributed by atoms with Gasteiger partial charge in [0.2, 0.25) is 0 Å². The van der Waals surface area contributed by atoms with Crippen molar-refractivity contribution >= 4 is 0 Å². The van der Waals surface area contributed by atoms with Crippen LogP contribution in [-0.2, 0) is 4.74 Å². The van der Waals surface area contributed by atoms with Crippen LogP contribution in [0.25, 0.3) is 0 Å². The van der Waals surface area contributed by atoms with Crippen molar-refractivity contribution in [2.24, 2.45) is 5.41 Å². The highest BCUT2D eigenvalue weighted by atomic mass is 16.5. The van der Waals surface area contributed by atoms with Crippen LogP contribution in [0, 0.1) is 12.5 Å². The van der Waals surface area contributed by atoms with Gasteiger partial charge in [0.1, 0.15) is 0 Å². The zero-order chi connectivity index (χ0) is 8.04. The van der Waals surface area contributed by atoms with E-state index in [1.165, 1.54) is 0 Å². The van der Waals surface area contributed by atoms with Crippen molar-refractivity contribution in [1.29, 1.82) is 0 Å². The minimum Gasteiger partial charge on any atom is -0.478 e. The Morgan fingerprint density at radius 2 is 2.10 bits per heavy atom. The molecule has 2 heteroatoms. The molecular formula is C8H19NO. The van der Waals surface area contributed by atoms with Crippen LogP contribution in [0.4, 0.5) is 0 Å². The summed E-state index contributed by atoms with van der Waals surface area (Å²) in [4.78, 5) is 0. The Balaban J connectivity index is 3.42. The van der Waals surface area contributed by atoms with Gasteiger partial charge in [-0.25, -0.2) is 0 Å². The molecule has 0 heterocycles. The fourth-order valence-corrected chi connectivity index (χ4v) is 0.828. The summed E-state index contributed by atoms with van der Waals surface area (Å²) in [5.41, 5.74) is 0.262. The maximum Gasteiger partial charge on any atom is 0.0589 e. The van der Waals surface area contributed by atoms with Crippen LogP contribution in [0.1, 0.15) is 20.8 Å². The smallest absolute Gasteiger partial charge is 0.0589 e. The molecule has 0 aromatic rings. The molecule has 0 fully saturated rings. The Labute approximate surface area is 64.0 Å². The predicted octanol–water partition coefficient (Wildman–Crippen LogP) is 0.404. The molecule has 62 valence electrons. The third-order valence-electron chi connectivity index (χ3n) is 1.39. The number of quaternary nitrogens is 1. The zero-order valence-electron chi connectivity index (χ0n) is 7.31. The van der Waals surface area contributed by atoms with Crippen molar-refractivity contribution in [1.82, 2.24) is 0 Å². The molecule has 0 radical (unpaired) electrons. The maximum atomic E-state index is 5.30. The summed E-state index contributed by atoms with van der Waals surface area (Å²) in [6.45, 7) is 9.04. The lowest BCUT2D eigenvalue weighted by molar-refractivity contribution is -0.608. The number of hydrogen-bond donors (Lipinski definition) is 1. The first-order valence-corrected chi connectivity index (χ1v) is 3.81. The first-order chi connectivity index (χ1) is 4.62. The molecule has 0 aliphatic rings. The number of rotatable bonds is 5. The molecule has 0 amide bonds. The first-order valence-electron chi connectivity index (χ1n) is 3.81. The molecule has 0 aromatic heterocycles. The lowest BCUT2D eigenvalue weighted by Crippen LogP contribution is -2.80. The summed E-state index contributed by atoms with van der Waals surface area (Å²) in [5.74, 6) is 0. The second kappa shape index (κ2) is 4.69. The summed E-state index contributed by atoms with van der Waals surface area (Å²) in [6, 6.07) is 0. The van der Waals surface area contributed by atoms with Gasteiger partial charge in [-0.1, -0.05) is 13.8 Å². The van der Waals surface area contributed by atoms with Gasteiger partial charge in [-0.15, -0.1) is 0 Å². The van der Waals surface area contributed by atoms with Gasteiger partial charge in [-0.3, -0.25) is 0 Å². The second-order valence-electron chi connectivity index (χ2n) is 3.29. The van der Waals surface area contributed by atoms with Crippen LogP contribution in [0.15, 0.2) is 0 Å². The van der Waals surface area contributed by atoms with Crippen molar-refractivity contribution in [3.05, 3.63) is 7.05 Å². The maximum absolute atomic E-state index is 5.30. The largest absolute Gasteiger partial charge is 0.478 e. The Morgan fingerprint density at radius 1 is 1.50 bits per heavy atom. The van der Waals surface area contributed by atoms with E-state index in [-0.39, 0.29) is 5.41 Å². The van der Waals surface area contributed by atoms with Crippen LogP contribution < -0.4 is 5.32 Å². The molecule has 0 atom stereocenters. The van der Waals surface area contributed by atoms with Gasteiger partial charge in [0.15, 0.2) is 0 Å². The summed E-state index contributed by atoms with van der Waals surface area (Å²) in [5, 5.41) is 1.94. The summed E-state index contributed by atoms with van der Waals surface area (Å²) >= 11 is 0. The van der Waals surface area contributed by atoms with Crippen molar-refractivity contribution in [3.8, 4) is 0 Å². The third-order valence-corrected chi connectivity index (χ3v) is 1.39. The fraction of sp³-hybridized carbons (Fsp3) is 0.875. The predicted molar refractivity (Wildman–Crippen MR) is 42.4 cm³/mol. The van der Waals surface area contributed by atoms with E-state index >= 15 is 0 Å². The van der Waals surface area contributed by atoms with E-state index in [9.17, 15) is 0 Å². The highest BCUT2D eigenvalue weighted by Gasteiger charge is 2.17. The summed E-state index contributed by atoms with van der Waals surface area (Å²) < 4.78 is 5.30. The van der Waals surface area contributed by atoms with Gasteiger partial charge in [0, 0.05) is 12.0 Å². The second-order valence-corrected chi connectivity index (χ2v) is 3.29. The van der Waals surface area contributed by atoms with Gasteiger partial charge in [-0.2, -0.15) is 7.05 Å².